The van der Waals surface area contributed by atoms with Crippen molar-refractivity contribution >= 4 is 17.7 Å². The van der Waals surface area contributed by atoms with Crippen molar-refractivity contribution in [2.24, 2.45) is 11.3 Å². The number of aryl methyl sites for hydroxylation is 1. The number of hydrogen-bond acceptors (Lipinski definition) is 9. The highest BCUT2D eigenvalue weighted by molar-refractivity contribution is 5.76. The third-order valence-electron chi connectivity index (χ3n) is 9.54. The average Bonchev–Trinajstić information content (AvgIpc) is 3.70. The normalized spacial score (nSPS) is 18.1. The van der Waals surface area contributed by atoms with E-state index in [1.54, 1.807) is 38.2 Å². The van der Waals surface area contributed by atoms with Crippen molar-refractivity contribution in [3.8, 4) is 22.7 Å². The Morgan fingerprint density at radius 3 is 2.42 bits per heavy atom. The number of alkyl halides is 3. The maximum Gasteiger partial charge on any atom is 0.429 e. The fraction of sp³-hybridized carbons (Fsp3) is 0.459. The van der Waals surface area contributed by atoms with E-state index in [2.05, 4.69) is 34.2 Å². The van der Waals surface area contributed by atoms with Gasteiger partial charge in [0.2, 0.25) is 17.9 Å². The van der Waals surface area contributed by atoms with Crippen molar-refractivity contribution in [2.45, 2.75) is 71.7 Å². The molecule has 2 saturated heterocycles. The molecule has 2 fully saturated rings. The van der Waals surface area contributed by atoms with Gasteiger partial charge in [-0.2, -0.15) is 28.2 Å². The number of hydrogen-bond donors (Lipinski definition) is 2. The molecule has 0 unspecified atom stereocenters. The van der Waals surface area contributed by atoms with Crippen molar-refractivity contribution < 1.29 is 27.4 Å². The van der Waals surface area contributed by atoms with Crippen molar-refractivity contribution in [1.82, 2.24) is 25.1 Å². The van der Waals surface area contributed by atoms with Crippen LogP contribution in [-0.2, 0) is 16.0 Å². The summed E-state index contributed by atoms with van der Waals surface area (Å²) in [5, 5.41) is 7.74. The van der Waals surface area contributed by atoms with E-state index in [4.69, 9.17) is 15.2 Å². The number of esters is 1. The molecule has 4 heterocycles. The first-order valence-electron chi connectivity index (χ1n) is 17.1. The molecule has 3 N–H and O–H groups in total. The van der Waals surface area contributed by atoms with Gasteiger partial charge in [-0.25, -0.2) is 4.68 Å². The minimum atomic E-state index is -4.81. The summed E-state index contributed by atoms with van der Waals surface area (Å²) < 4.78 is 57.2. The monoisotopic (exact) mass is 691 g/mol. The Morgan fingerprint density at radius 2 is 1.78 bits per heavy atom. The maximum atomic E-state index is 14.9. The first kappa shape index (κ1) is 35.2. The summed E-state index contributed by atoms with van der Waals surface area (Å²) in [5.41, 5.74) is 9.56. The topological polar surface area (TPSA) is 120 Å². The number of halogens is 3. The Morgan fingerprint density at radius 1 is 1.06 bits per heavy atom. The van der Waals surface area contributed by atoms with E-state index in [9.17, 15) is 18.0 Å². The zero-order valence-corrected chi connectivity index (χ0v) is 28.8. The number of piperidine rings is 1. The van der Waals surface area contributed by atoms with Gasteiger partial charge >= 0.3 is 12.1 Å². The van der Waals surface area contributed by atoms with Crippen LogP contribution in [0.2, 0.25) is 0 Å². The summed E-state index contributed by atoms with van der Waals surface area (Å²) in [6, 6.07) is 15.7. The number of nitrogen functional groups attached to an aromatic ring is 1. The van der Waals surface area contributed by atoms with Gasteiger partial charge in [-0.15, -0.1) is 0 Å². The van der Waals surface area contributed by atoms with Gasteiger partial charge in [-0.3, -0.25) is 4.79 Å². The number of rotatable bonds is 10. The third kappa shape index (κ3) is 7.88. The average molecular weight is 692 g/mol. The van der Waals surface area contributed by atoms with E-state index in [-0.39, 0.29) is 40.5 Å². The molecule has 1 spiro atoms. The molecule has 2 aliphatic rings. The molecule has 4 aromatic rings. The SMILES string of the molecule is CCOC(=O)[C@@H]1CC2(CCN(c3cc(O[C@H](c4ccc(-c5ccc(CC(C)C)cc5)cc4-n4ccc(C)n4)C(F)(F)F)nc(N)n3)CC2)CN1. The number of nitrogens with zero attached hydrogens (tertiary/aromatic N) is 5. The number of nitrogens with two attached hydrogens (primary N) is 1. The molecule has 0 radical (unpaired) electrons. The van der Waals surface area contributed by atoms with Crippen LogP contribution in [0.25, 0.3) is 16.8 Å². The lowest BCUT2D eigenvalue weighted by Gasteiger charge is -2.39. The molecule has 10 nitrogen and oxygen atoms in total. The molecule has 2 aromatic carbocycles. The van der Waals surface area contributed by atoms with E-state index in [0.29, 0.717) is 50.1 Å². The lowest BCUT2D eigenvalue weighted by molar-refractivity contribution is -0.198. The van der Waals surface area contributed by atoms with Crippen molar-refractivity contribution in [3.63, 3.8) is 0 Å². The number of carbonyl (C=O) groups excluding carboxylic acids is 1. The number of aromatic nitrogens is 4. The minimum Gasteiger partial charge on any atom is -0.465 e. The molecule has 0 amide bonds. The second kappa shape index (κ2) is 14.3. The van der Waals surface area contributed by atoms with E-state index >= 15 is 0 Å². The Kier molecular flexibility index (Phi) is 10.1. The Labute approximate surface area is 290 Å². The highest BCUT2D eigenvalue weighted by Gasteiger charge is 2.46. The van der Waals surface area contributed by atoms with Gasteiger partial charge in [0, 0.05) is 37.5 Å². The third-order valence-corrected chi connectivity index (χ3v) is 9.54. The predicted octanol–water partition coefficient (Wildman–Crippen LogP) is 6.61. The fourth-order valence-electron chi connectivity index (χ4n) is 6.99. The standard InChI is InChI=1S/C37H44F3N7O3/c1-5-49-34(48)29-21-36(22-42-29)13-16-46(17-14-36)31-20-32(44-35(41)43-31)50-33(37(38,39)40)28-11-10-27(19-30(28)47-15-12-24(4)45-47)26-8-6-25(7-9-26)18-23(2)3/h6-12,15,19-20,23,29,33,42H,5,13-14,16-18,21-22H2,1-4H3,(H2,41,43,44)/t29-,33+/m0/s1. The first-order valence-corrected chi connectivity index (χ1v) is 17.1. The van der Waals surface area contributed by atoms with Crippen molar-refractivity contribution in [2.75, 3.05) is 36.9 Å². The van der Waals surface area contributed by atoms with Gasteiger partial charge < -0.3 is 25.4 Å². The second-order valence-corrected chi connectivity index (χ2v) is 13.8. The molecule has 50 heavy (non-hydrogen) atoms. The highest BCUT2D eigenvalue weighted by Crippen LogP contribution is 2.43. The second-order valence-electron chi connectivity index (χ2n) is 13.8. The van der Waals surface area contributed by atoms with Gasteiger partial charge in [-0.1, -0.05) is 50.2 Å². The molecule has 13 heteroatoms. The van der Waals surface area contributed by atoms with Gasteiger partial charge in [0.15, 0.2) is 0 Å². The quantitative estimate of drug-likeness (QED) is 0.177. The summed E-state index contributed by atoms with van der Waals surface area (Å²) in [6.45, 7) is 10.1. The molecule has 266 valence electrons. The van der Waals surface area contributed by atoms with Gasteiger partial charge in [-0.05, 0) is 79.7 Å². The van der Waals surface area contributed by atoms with Gasteiger partial charge in [0.05, 0.1) is 18.0 Å². The lowest BCUT2D eigenvalue weighted by atomic mass is 9.76. The maximum absolute atomic E-state index is 14.9. The number of benzene rings is 2. The van der Waals surface area contributed by atoms with E-state index in [1.165, 1.54) is 22.4 Å². The van der Waals surface area contributed by atoms with E-state index < -0.39 is 12.3 Å². The van der Waals surface area contributed by atoms with Crippen LogP contribution in [0.5, 0.6) is 5.88 Å². The summed E-state index contributed by atoms with van der Waals surface area (Å²) >= 11 is 0. The number of nitrogens with one attached hydrogen (secondary N) is 1. The van der Waals surface area contributed by atoms with Crippen molar-refractivity contribution in [3.05, 3.63) is 77.6 Å². The first-order chi connectivity index (χ1) is 23.8. The van der Waals surface area contributed by atoms with Crippen LogP contribution in [0.15, 0.2) is 60.8 Å². The zero-order valence-electron chi connectivity index (χ0n) is 28.8. The van der Waals surface area contributed by atoms with Crippen LogP contribution in [0.1, 0.15) is 63.0 Å². The van der Waals surface area contributed by atoms with Crippen molar-refractivity contribution in [1.29, 1.82) is 0 Å². The molecule has 6 rings (SSSR count). The summed E-state index contributed by atoms with van der Waals surface area (Å²) in [4.78, 5) is 22.7. The van der Waals surface area contributed by atoms with E-state index in [0.717, 1.165) is 30.4 Å². The van der Waals surface area contributed by atoms with Gasteiger partial charge in [0.25, 0.3) is 0 Å². The van der Waals surface area contributed by atoms with E-state index in [1.807, 2.05) is 29.2 Å². The molecule has 0 saturated carbocycles. The molecule has 2 aliphatic heterocycles. The van der Waals surface area contributed by atoms with Crippen LogP contribution < -0.4 is 20.7 Å². The van der Waals surface area contributed by atoms with Crippen LogP contribution in [0.4, 0.5) is 24.9 Å². The molecule has 0 aliphatic carbocycles. The Bertz CT molecular complexity index is 1800. The van der Waals surface area contributed by atoms with Crippen LogP contribution in [0, 0.1) is 18.3 Å². The summed E-state index contributed by atoms with van der Waals surface area (Å²) in [5.74, 6) is 0.169. The summed E-state index contributed by atoms with van der Waals surface area (Å²) in [6.07, 6.45) is -2.41. The summed E-state index contributed by atoms with van der Waals surface area (Å²) in [7, 11) is 0. The van der Waals surface area contributed by atoms with Crippen LogP contribution in [0.3, 0.4) is 0 Å². The Balaban J connectivity index is 1.26. The predicted molar refractivity (Wildman–Crippen MR) is 185 cm³/mol. The minimum absolute atomic E-state index is 0.0727. The molecule has 0 bridgehead atoms. The number of ether oxygens (including phenoxy) is 2. The molecular formula is C37H44F3N7O3. The largest absolute Gasteiger partial charge is 0.465 e. The highest BCUT2D eigenvalue weighted by atomic mass is 19.4. The molecular weight excluding hydrogens is 647 g/mol. The smallest absolute Gasteiger partial charge is 0.429 e. The number of anilines is 2. The number of carbonyl (C=O) groups is 1. The zero-order chi connectivity index (χ0) is 35.6. The van der Waals surface area contributed by atoms with Crippen LogP contribution in [-0.4, -0.2) is 64.2 Å². The van der Waals surface area contributed by atoms with Gasteiger partial charge in [0.1, 0.15) is 11.9 Å². The molecule has 2 atom stereocenters. The van der Waals surface area contributed by atoms with Crippen LogP contribution >= 0.6 is 0 Å². The Hall–Kier alpha value is -4.65. The lowest BCUT2D eigenvalue weighted by Crippen LogP contribution is -2.41. The molecule has 2 aromatic heterocycles. The fourth-order valence-corrected chi connectivity index (χ4v) is 6.99.